The van der Waals surface area contributed by atoms with Crippen LogP contribution in [0.4, 0.5) is 14.6 Å². The van der Waals surface area contributed by atoms with Crippen LogP contribution in [-0.2, 0) is 15.9 Å². The molecule has 1 aliphatic carbocycles. The third-order valence-corrected chi connectivity index (χ3v) is 6.48. The highest BCUT2D eigenvalue weighted by Crippen LogP contribution is 2.38. The van der Waals surface area contributed by atoms with Gasteiger partial charge in [-0.25, -0.2) is 13.8 Å². The second kappa shape index (κ2) is 7.51. The van der Waals surface area contributed by atoms with Gasteiger partial charge in [0, 0.05) is 11.6 Å². The summed E-state index contributed by atoms with van der Waals surface area (Å²) in [7, 11) is 0. The molecule has 32 heavy (non-hydrogen) atoms. The molecule has 3 N–H and O–H groups in total. The molecule has 5 atom stereocenters. The van der Waals surface area contributed by atoms with E-state index in [9.17, 15) is 13.9 Å². The van der Waals surface area contributed by atoms with Crippen molar-refractivity contribution in [3.8, 4) is 6.01 Å². The molecule has 4 heterocycles. The SMILES string of the molecule is O[C@@H]1CO[C@H]2[C@@H]1OC[C@H]2Oc1nc2nc(N[C@@H]3CCc4cc(F)cc(F)c43)c(Cl)cc2[nH]1. The van der Waals surface area contributed by atoms with E-state index in [0.717, 1.165) is 6.07 Å². The number of aromatic amines is 1. The van der Waals surface area contributed by atoms with E-state index in [4.69, 9.17) is 25.8 Å². The number of hydrogen-bond acceptors (Lipinski definition) is 7. The summed E-state index contributed by atoms with van der Waals surface area (Å²) in [4.78, 5) is 11.9. The number of nitrogens with one attached hydrogen (secondary N) is 2. The van der Waals surface area contributed by atoms with Crippen molar-refractivity contribution in [2.45, 2.75) is 43.3 Å². The second-order valence-electron chi connectivity index (χ2n) is 8.25. The Morgan fingerprint density at radius 1 is 1.16 bits per heavy atom. The minimum Gasteiger partial charge on any atom is -0.456 e. The molecule has 0 amide bonds. The van der Waals surface area contributed by atoms with Crippen LogP contribution in [0.3, 0.4) is 0 Å². The van der Waals surface area contributed by atoms with Gasteiger partial charge >= 0.3 is 0 Å². The predicted octanol–water partition coefficient (Wildman–Crippen LogP) is 2.89. The number of aryl methyl sites for hydroxylation is 1. The fourth-order valence-corrected chi connectivity index (χ4v) is 4.94. The molecule has 2 aromatic heterocycles. The average molecular weight is 465 g/mol. The van der Waals surface area contributed by atoms with Crippen LogP contribution in [0.1, 0.15) is 23.6 Å². The summed E-state index contributed by atoms with van der Waals surface area (Å²) < 4.78 is 44.9. The normalized spacial score (nSPS) is 28.8. The summed E-state index contributed by atoms with van der Waals surface area (Å²) in [5.74, 6) is -0.815. The van der Waals surface area contributed by atoms with Gasteiger partial charge in [-0.1, -0.05) is 11.6 Å². The fraction of sp³-hybridized carbons (Fsp3) is 0.429. The van der Waals surface area contributed by atoms with Crippen molar-refractivity contribution in [3.63, 3.8) is 0 Å². The number of rotatable bonds is 4. The number of ether oxygens (including phenoxy) is 3. The van der Waals surface area contributed by atoms with E-state index >= 15 is 0 Å². The molecule has 2 saturated heterocycles. The molecular formula is C21H19ClF2N4O4. The predicted molar refractivity (Wildman–Crippen MR) is 110 cm³/mol. The highest BCUT2D eigenvalue weighted by atomic mass is 35.5. The highest BCUT2D eigenvalue weighted by molar-refractivity contribution is 6.33. The zero-order chi connectivity index (χ0) is 22.0. The molecule has 2 fully saturated rings. The van der Waals surface area contributed by atoms with E-state index in [1.165, 1.54) is 6.07 Å². The largest absolute Gasteiger partial charge is 0.456 e. The van der Waals surface area contributed by atoms with Gasteiger partial charge in [0.15, 0.2) is 11.8 Å². The summed E-state index contributed by atoms with van der Waals surface area (Å²) >= 11 is 6.41. The molecule has 0 spiro atoms. The van der Waals surface area contributed by atoms with Gasteiger partial charge in [0.25, 0.3) is 6.01 Å². The maximum atomic E-state index is 14.4. The zero-order valence-electron chi connectivity index (χ0n) is 16.6. The zero-order valence-corrected chi connectivity index (χ0v) is 17.4. The Kier molecular flexibility index (Phi) is 4.72. The average Bonchev–Trinajstić information content (AvgIpc) is 3.49. The van der Waals surface area contributed by atoms with Crippen molar-refractivity contribution in [1.29, 1.82) is 0 Å². The Hall–Kier alpha value is -2.53. The van der Waals surface area contributed by atoms with Crippen molar-refractivity contribution in [1.82, 2.24) is 15.0 Å². The van der Waals surface area contributed by atoms with E-state index in [1.807, 2.05) is 0 Å². The molecule has 2 aliphatic heterocycles. The molecular weight excluding hydrogens is 446 g/mol. The van der Waals surface area contributed by atoms with Crippen LogP contribution in [0.25, 0.3) is 11.2 Å². The number of anilines is 1. The Labute approximate surface area is 185 Å². The smallest absolute Gasteiger partial charge is 0.296 e. The van der Waals surface area contributed by atoms with Gasteiger partial charge in [0.05, 0.1) is 29.8 Å². The van der Waals surface area contributed by atoms with Gasteiger partial charge < -0.3 is 29.6 Å². The number of aliphatic hydroxyl groups excluding tert-OH is 1. The number of nitrogens with zero attached hydrogens (tertiary/aromatic N) is 2. The lowest BCUT2D eigenvalue weighted by Gasteiger charge is -2.16. The third-order valence-electron chi connectivity index (χ3n) is 6.19. The monoisotopic (exact) mass is 464 g/mol. The number of aromatic nitrogens is 3. The molecule has 11 heteroatoms. The first-order valence-corrected chi connectivity index (χ1v) is 10.7. The molecule has 3 aliphatic rings. The van der Waals surface area contributed by atoms with Crippen molar-refractivity contribution in [2.24, 2.45) is 0 Å². The lowest BCUT2D eigenvalue weighted by Crippen LogP contribution is -2.34. The van der Waals surface area contributed by atoms with Gasteiger partial charge in [-0.3, -0.25) is 0 Å². The Morgan fingerprint density at radius 3 is 2.88 bits per heavy atom. The standard InChI is InChI=1S/C21H19ClF2N4O4/c22-10-5-13-20(28-21(26-13)32-15-7-31-17-14(29)6-30-18(15)17)27-19(10)25-12-2-1-8-3-9(23)4-11(24)16(8)12/h3-5,12,14-15,17-18,29H,1-2,6-7H2,(H2,25,26,27,28)/t12-,14-,15-,17-,18-/m1/s1. The van der Waals surface area contributed by atoms with Crippen LogP contribution in [0, 0.1) is 11.6 Å². The number of halogens is 3. The fourth-order valence-electron chi connectivity index (χ4n) is 4.73. The van der Waals surface area contributed by atoms with E-state index in [2.05, 4.69) is 20.3 Å². The Morgan fingerprint density at radius 2 is 2.00 bits per heavy atom. The molecule has 168 valence electrons. The van der Waals surface area contributed by atoms with Gasteiger partial charge in [-0.05, 0) is 30.5 Å². The molecule has 0 unspecified atom stereocenters. The van der Waals surface area contributed by atoms with E-state index in [-0.39, 0.29) is 31.4 Å². The first-order chi connectivity index (χ1) is 15.5. The van der Waals surface area contributed by atoms with Crippen LogP contribution in [-0.4, -0.2) is 57.7 Å². The molecule has 1 aromatic carbocycles. The number of benzene rings is 1. The summed E-state index contributed by atoms with van der Waals surface area (Å²) in [6.45, 7) is 0.483. The van der Waals surface area contributed by atoms with Crippen molar-refractivity contribution < 1.29 is 28.1 Å². The maximum Gasteiger partial charge on any atom is 0.296 e. The summed E-state index contributed by atoms with van der Waals surface area (Å²) in [5, 5.41) is 13.4. The first-order valence-electron chi connectivity index (χ1n) is 10.3. The van der Waals surface area contributed by atoms with Crippen LogP contribution in [0.15, 0.2) is 18.2 Å². The Balaban J connectivity index is 1.23. The van der Waals surface area contributed by atoms with E-state index < -0.39 is 29.9 Å². The first kappa shape index (κ1) is 20.1. The number of pyridine rings is 1. The number of aliphatic hydroxyl groups is 1. The molecule has 8 nitrogen and oxygen atoms in total. The van der Waals surface area contributed by atoms with Gasteiger partial charge in [0.1, 0.15) is 35.8 Å². The van der Waals surface area contributed by atoms with Crippen LogP contribution < -0.4 is 10.1 Å². The lowest BCUT2D eigenvalue weighted by molar-refractivity contribution is 0.00706. The minimum absolute atomic E-state index is 0.207. The van der Waals surface area contributed by atoms with Gasteiger partial charge in [0.2, 0.25) is 0 Å². The second-order valence-corrected chi connectivity index (χ2v) is 8.65. The van der Waals surface area contributed by atoms with Crippen LogP contribution >= 0.6 is 11.6 Å². The maximum absolute atomic E-state index is 14.4. The highest BCUT2D eigenvalue weighted by Gasteiger charge is 2.48. The molecule has 6 rings (SSSR count). The number of hydrogen-bond donors (Lipinski definition) is 3. The third kappa shape index (κ3) is 3.29. The van der Waals surface area contributed by atoms with Crippen molar-refractivity contribution >= 4 is 28.6 Å². The molecule has 0 radical (unpaired) electrons. The number of fused-ring (bicyclic) bond motifs is 3. The van der Waals surface area contributed by atoms with Gasteiger partial charge in [-0.15, -0.1) is 0 Å². The number of imidazole rings is 1. The summed E-state index contributed by atoms with van der Waals surface area (Å²) in [6, 6.07) is 3.76. The van der Waals surface area contributed by atoms with Crippen molar-refractivity contribution in [2.75, 3.05) is 18.5 Å². The minimum atomic E-state index is -0.666. The van der Waals surface area contributed by atoms with Crippen molar-refractivity contribution in [3.05, 3.63) is 46.0 Å². The van der Waals surface area contributed by atoms with Gasteiger partial charge in [-0.2, -0.15) is 4.98 Å². The quantitative estimate of drug-likeness (QED) is 0.545. The summed E-state index contributed by atoms with van der Waals surface area (Å²) in [6.07, 6.45) is -0.698. The lowest BCUT2D eigenvalue weighted by atomic mass is 10.1. The topological polar surface area (TPSA) is 102 Å². The number of H-pyrrole nitrogens is 1. The Bertz CT molecular complexity index is 1210. The molecule has 3 aromatic rings. The van der Waals surface area contributed by atoms with E-state index in [0.29, 0.717) is 46.0 Å². The molecule has 0 saturated carbocycles. The van der Waals surface area contributed by atoms with Crippen LogP contribution in [0.5, 0.6) is 6.01 Å². The summed E-state index contributed by atoms with van der Waals surface area (Å²) in [5.41, 5.74) is 2.01. The van der Waals surface area contributed by atoms with E-state index in [1.54, 1.807) is 6.07 Å². The molecule has 0 bridgehead atoms. The van der Waals surface area contributed by atoms with Crippen LogP contribution in [0.2, 0.25) is 5.02 Å².